The first-order valence-electron chi connectivity index (χ1n) is 9.69. The topological polar surface area (TPSA) is 32.8 Å². The van der Waals surface area contributed by atoms with Crippen molar-refractivity contribution in [1.82, 2.24) is 0 Å². The molecule has 0 spiro atoms. The van der Waals surface area contributed by atoms with Crippen LogP contribution in [0, 0.1) is 0 Å². The third-order valence-electron chi connectivity index (χ3n) is 5.77. The lowest BCUT2D eigenvalue weighted by molar-refractivity contribution is 0.0538. The Hall–Kier alpha value is -3.11. The summed E-state index contributed by atoms with van der Waals surface area (Å²) in [6.45, 7) is 0. The summed E-state index contributed by atoms with van der Waals surface area (Å²) in [6.07, 6.45) is 0. The number of anilines is 2. The van der Waals surface area contributed by atoms with Crippen molar-refractivity contribution in [3.63, 3.8) is 0 Å². The van der Waals surface area contributed by atoms with Gasteiger partial charge in [-0.3, -0.25) is 4.79 Å². The monoisotopic (exact) mass is 386 g/mol. The quantitative estimate of drug-likeness (QED) is 0.669. The van der Waals surface area contributed by atoms with E-state index in [2.05, 4.69) is 24.3 Å². The number of hydrogen-bond acceptors (Lipinski definition) is 4. The van der Waals surface area contributed by atoms with E-state index in [1.165, 1.54) is 0 Å². The smallest absolute Gasteiger partial charge is 0.193 e. The van der Waals surface area contributed by atoms with E-state index in [4.69, 9.17) is 4.74 Å². The van der Waals surface area contributed by atoms with Gasteiger partial charge in [0.15, 0.2) is 5.78 Å². The first-order valence-corrected chi connectivity index (χ1v) is 9.69. The highest BCUT2D eigenvalue weighted by Gasteiger charge is 2.46. The number of benzene rings is 3. The van der Waals surface area contributed by atoms with Gasteiger partial charge in [-0.25, -0.2) is 0 Å². The van der Waals surface area contributed by atoms with Crippen LogP contribution in [-0.2, 0) is 10.3 Å². The molecule has 148 valence electrons. The maximum absolute atomic E-state index is 13.4. The highest BCUT2D eigenvalue weighted by Crippen LogP contribution is 2.48. The molecule has 0 atom stereocenters. The molecule has 0 fully saturated rings. The zero-order valence-corrected chi connectivity index (χ0v) is 17.6. The second kappa shape index (κ2) is 7.05. The summed E-state index contributed by atoms with van der Waals surface area (Å²) in [5.41, 5.74) is 5.33. The fourth-order valence-electron chi connectivity index (χ4n) is 4.21. The molecular formula is C25H26N2O2. The summed E-state index contributed by atoms with van der Waals surface area (Å²) in [4.78, 5) is 17.5. The third-order valence-corrected chi connectivity index (χ3v) is 5.77. The van der Waals surface area contributed by atoms with E-state index in [1.54, 1.807) is 7.11 Å². The molecule has 0 aromatic heterocycles. The van der Waals surface area contributed by atoms with Crippen LogP contribution in [0.1, 0.15) is 32.6 Å². The zero-order chi connectivity index (χ0) is 20.8. The van der Waals surface area contributed by atoms with Crippen molar-refractivity contribution in [1.29, 1.82) is 0 Å². The van der Waals surface area contributed by atoms with Crippen LogP contribution >= 0.6 is 0 Å². The molecule has 3 aromatic rings. The minimum absolute atomic E-state index is 0.0363. The van der Waals surface area contributed by atoms with E-state index < -0.39 is 5.60 Å². The second-order valence-electron chi connectivity index (χ2n) is 7.83. The molecule has 0 heterocycles. The average molecular weight is 386 g/mol. The van der Waals surface area contributed by atoms with Gasteiger partial charge in [-0.05, 0) is 42.0 Å². The standard InChI is InChI=1S/C25H26N2O2/c1-26(2)18-11-13-20-22(15-18)25(29-5,17-9-7-6-8-10-17)23-16-19(27(3)4)12-14-21(23)24(20)28/h6-16H,1-5H3. The van der Waals surface area contributed by atoms with Crippen molar-refractivity contribution in [3.05, 3.63) is 94.5 Å². The Bertz CT molecular complexity index is 1010. The zero-order valence-electron chi connectivity index (χ0n) is 17.6. The second-order valence-corrected chi connectivity index (χ2v) is 7.83. The lowest BCUT2D eigenvalue weighted by Crippen LogP contribution is -2.39. The predicted octanol–water partition coefficient (Wildman–Crippen LogP) is 4.30. The Labute approximate surface area is 172 Å². The van der Waals surface area contributed by atoms with Crippen LogP contribution < -0.4 is 9.80 Å². The van der Waals surface area contributed by atoms with E-state index in [0.29, 0.717) is 11.1 Å². The summed E-state index contributed by atoms with van der Waals surface area (Å²) < 4.78 is 6.35. The fraction of sp³-hybridized carbons (Fsp3) is 0.240. The maximum atomic E-state index is 13.4. The number of hydrogen-bond donors (Lipinski definition) is 0. The number of nitrogens with zero attached hydrogens (tertiary/aromatic N) is 2. The van der Waals surface area contributed by atoms with Crippen molar-refractivity contribution in [2.24, 2.45) is 0 Å². The highest BCUT2D eigenvalue weighted by molar-refractivity contribution is 6.13. The number of rotatable bonds is 4. The van der Waals surface area contributed by atoms with Gasteiger partial charge in [0.05, 0.1) is 0 Å². The first-order chi connectivity index (χ1) is 13.9. The van der Waals surface area contributed by atoms with Crippen LogP contribution in [0.25, 0.3) is 0 Å². The molecule has 0 unspecified atom stereocenters. The van der Waals surface area contributed by atoms with Crippen LogP contribution in [0.3, 0.4) is 0 Å². The van der Waals surface area contributed by atoms with Crippen LogP contribution in [0.15, 0.2) is 66.7 Å². The summed E-state index contributed by atoms with van der Waals surface area (Å²) in [6, 6.07) is 22.1. The molecule has 0 radical (unpaired) electrons. The molecular weight excluding hydrogens is 360 g/mol. The normalized spacial score (nSPS) is 14.2. The Balaban J connectivity index is 2.13. The van der Waals surface area contributed by atoms with Crippen LogP contribution in [-0.4, -0.2) is 41.1 Å². The molecule has 3 aromatic carbocycles. The van der Waals surface area contributed by atoms with Crippen LogP contribution in [0.4, 0.5) is 11.4 Å². The molecule has 1 aliphatic rings. The average Bonchev–Trinajstić information content (AvgIpc) is 2.74. The Morgan fingerprint density at radius 1 is 0.724 bits per heavy atom. The van der Waals surface area contributed by atoms with E-state index in [9.17, 15) is 4.79 Å². The molecule has 29 heavy (non-hydrogen) atoms. The van der Waals surface area contributed by atoms with E-state index >= 15 is 0 Å². The minimum Gasteiger partial charge on any atom is -0.378 e. The van der Waals surface area contributed by atoms with Crippen molar-refractivity contribution >= 4 is 17.2 Å². The van der Waals surface area contributed by atoms with Crippen LogP contribution in [0.2, 0.25) is 0 Å². The molecule has 0 saturated heterocycles. The van der Waals surface area contributed by atoms with Crippen molar-refractivity contribution in [2.45, 2.75) is 5.60 Å². The van der Waals surface area contributed by atoms with Gasteiger partial charge < -0.3 is 14.5 Å². The SMILES string of the molecule is COC1(c2ccccc2)c2cc(N(C)C)ccc2C(=O)c2ccc(N(C)C)cc21. The number of methoxy groups -OCH3 is 1. The van der Waals surface area contributed by atoms with Crippen molar-refractivity contribution in [2.75, 3.05) is 45.1 Å². The Morgan fingerprint density at radius 3 is 1.62 bits per heavy atom. The highest BCUT2D eigenvalue weighted by atomic mass is 16.5. The molecule has 0 bridgehead atoms. The molecule has 4 nitrogen and oxygen atoms in total. The molecule has 4 rings (SSSR count). The summed E-state index contributed by atoms with van der Waals surface area (Å²) in [5.74, 6) is 0.0363. The van der Waals surface area contributed by atoms with Gasteiger partial charge in [-0.1, -0.05) is 30.3 Å². The lowest BCUT2D eigenvalue weighted by atomic mass is 9.70. The fourth-order valence-corrected chi connectivity index (χ4v) is 4.21. The molecule has 0 amide bonds. The molecule has 4 heteroatoms. The van der Waals surface area contributed by atoms with Gasteiger partial charge in [0.25, 0.3) is 0 Å². The Morgan fingerprint density at radius 2 is 1.21 bits per heavy atom. The number of carbonyl (C=O) groups is 1. The van der Waals surface area contributed by atoms with Gasteiger partial charge in [0.1, 0.15) is 5.60 Å². The van der Waals surface area contributed by atoms with Crippen molar-refractivity contribution in [3.8, 4) is 0 Å². The van der Waals surface area contributed by atoms with Gasteiger partial charge >= 0.3 is 0 Å². The Kier molecular flexibility index (Phi) is 4.67. The van der Waals surface area contributed by atoms with E-state index in [1.807, 2.05) is 80.5 Å². The predicted molar refractivity (Wildman–Crippen MR) is 118 cm³/mol. The largest absolute Gasteiger partial charge is 0.378 e. The number of fused-ring (bicyclic) bond motifs is 2. The molecule has 0 N–H and O–H groups in total. The summed E-state index contributed by atoms with van der Waals surface area (Å²) >= 11 is 0. The number of ether oxygens (including phenoxy) is 1. The number of carbonyl (C=O) groups excluding carboxylic acids is 1. The van der Waals surface area contributed by atoms with Gasteiger partial charge in [-0.15, -0.1) is 0 Å². The van der Waals surface area contributed by atoms with Crippen molar-refractivity contribution < 1.29 is 9.53 Å². The third kappa shape index (κ3) is 2.83. The molecule has 0 saturated carbocycles. The maximum Gasteiger partial charge on any atom is 0.193 e. The van der Waals surface area contributed by atoms with Gasteiger partial charge in [0, 0.05) is 68.9 Å². The minimum atomic E-state index is -0.863. The van der Waals surface area contributed by atoms with Gasteiger partial charge in [0.2, 0.25) is 0 Å². The lowest BCUT2D eigenvalue weighted by Gasteiger charge is -2.40. The first kappa shape index (κ1) is 19.2. The molecule has 0 aliphatic heterocycles. The molecule has 1 aliphatic carbocycles. The van der Waals surface area contributed by atoms with Gasteiger partial charge in [-0.2, -0.15) is 0 Å². The number of ketones is 1. The summed E-state index contributed by atoms with van der Waals surface area (Å²) in [5, 5.41) is 0. The summed E-state index contributed by atoms with van der Waals surface area (Å²) in [7, 11) is 9.73. The van der Waals surface area contributed by atoms with E-state index in [-0.39, 0.29) is 5.78 Å². The van der Waals surface area contributed by atoms with E-state index in [0.717, 1.165) is 28.1 Å². The van der Waals surface area contributed by atoms with Crippen LogP contribution in [0.5, 0.6) is 0 Å².